The number of carbonyl (C=O) groups excluding carboxylic acids is 2. The largest absolute Gasteiger partial charge is 0.333 e. The van der Waals surface area contributed by atoms with E-state index in [2.05, 4.69) is 10.3 Å². The minimum absolute atomic E-state index is 0.410. The van der Waals surface area contributed by atoms with Crippen LogP contribution in [0.15, 0.2) is 54.6 Å². The lowest BCUT2D eigenvalue weighted by Gasteiger charge is -2.15. The molecule has 148 valence electrons. The van der Waals surface area contributed by atoms with Gasteiger partial charge < -0.3 is 10.2 Å². The molecule has 1 N–H and O–H groups in total. The first-order chi connectivity index (χ1) is 13.8. The Labute approximate surface area is 164 Å². The molecule has 3 aromatic rings. The zero-order chi connectivity index (χ0) is 21.0. The van der Waals surface area contributed by atoms with E-state index in [1.165, 1.54) is 19.2 Å². The third-order valence-electron chi connectivity index (χ3n) is 4.08. The van der Waals surface area contributed by atoms with Gasteiger partial charge in [0.25, 0.3) is 0 Å². The molecule has 3 rings (SSSR count). The number of benzene rings is 2. The maximum Gasteiger partial charge on any atom is 0.246 e. The van der Waals surface area contributed by atoms with Gasteiger partial charge in [-0.3, -0.25) is 9.59 Å². The fraction of sp³-hybridized carbons (Fsp3) is 0.0952. The minimum Gasteiger partial charge on any atom is -0.333 e. The van der Waals surface area contributed by atoms with Gasteiger partial charge in [0.2, 0.25) is 11.8 Å². The van der Waals surface area contributed by atoms with Crippen LogP contribution in [0.25, 0.3) is 17.0 Å². The molecule has 8 heteroatoms. The normalized spacial score (nSPS) is 11.0. The molecule has 1 heterocycles. The van der Waals surface area contributed by atoms with Gasteiger partial charge in [-0.1, -0.05) is 24.3 Å². The molecule has 1 aromatic heterocycles. The second-order valence-corrected chi connectivity index (χ2v) is 6.23. The first-order valence-electron chi connectivity index (χ1n) is 8.57. The average Bonchev–Trinajstić information content (AvgIpc) is 2.72. The maximum absolute atomic E-state index is 13.6. The highest BCUT2D eigenvalue weighted by molar-refractivity contribution is 5.98. The van der Waals surface area contributed by atoms with Crippen LogP contribution in [0.2, 0.25) is 0 Å². The number of rotatable bonds is 5. The summed E-state index contributed by atoms with van der Waals surface area (Å²) in [5, 5.41) is 3.07. The number of halogens is 3. The van der Waals surface area contributed by atoms with Crippen molar-refractivity contribution in [3.05, 3.63) is 77.8 Å². The highest BCUT2D eigenvalue weighted by atomic mass is 19.2. The topological polar surface area (TPSA) is 62.3 Å². The fourth-order valence-electron chi connectivity index (χ4n) is 2.56. The van der Waals surface area contributed by atoms with E-state index in [9.17, 15) is 22.8 Å². The summed E-state index contributed by atoms with van der Waals surface area (Å²) in [6, 6.07) is 12.8. The van der Waals surface area contributed by atoms with Crippen LogP contribution in [0.5, 0.6) is 0 Å². The number of nitrogens with zero attached hydrogens (tertiary/aromatic N) is 2. The van der Waals surface area contributed by atoms with E-state index >= 15 is 0 Å². The van der Waals surface area contributed by atoms with E-state index < -0.39 is 41.5 Å². The summed E-state index contributed by atoms with van der Waals surface area (Å²) in [7, 11) is 1.38. The Morgan fingerprint density at radius 1 is 1.03 bits per heavy atom. The van der Waals surface area contributed by atoms with Gasteiger partial charge in [0, 0.05) is 18.5 Å². The Morgan fingerprint density at radius 2 is 1.79 bits per heavy atom. The van der Waals surface area contributed by atoms with Crippen LogP contribution in [-0.2, 0) is 9.59 Å². The van der Waals surface area contributed by atoms with Crippen molar-refractivity contribution in [3.63, 3.8) is 0 Å². The Morgan fingerprint density at radius 3 is 2.59 bits per heavy atom. The van der Waals surface area contributed by atoms with Crippen molar-refractivity contribution in [2.75, 3.05) is 18.9 Å². The van der Waals surface area contributed by atoms with E-state index in [1.807, 2.05) is 30.3 Å². The van der Waals surface area contributed by atoms with Gasteiger partial charge in [0.15, 0.2) is 17.5 Å². The van der Waals surface area contributed by atoms with Crippen LogP contribution in [-0.4, -0.2) is 35.3 Å². The van der Waals surface area contributed by atoms with Crippen LogP contribution in [0.1, 0.15) is 5.69 Å². The summed E-state index contributed by atoms with van der Waals surface area (Å²) in [6.45, 7) is -0.410. The lowest BCUT2D eigenvalue weighted by molar-refractivity contribution is -0.129. The van der Waals surface area contributed by atoms with Crippen LogP contribution in [0.4, 0.5) is 18.9 Å². The van der Waals surface area contributed by atoms with Crippen LogP contribution in [0.3, 0.4) is 0 Å². The number of likely N-dealkylation sites (N-methyl/N-ethyl adjacent to an activating group) is 1. The van der Waals surface area contributed by atoms with Crippen molar-refractivity contribution in [1.29, 1.82) is 0 Å². The molecule has 0 unspecified atom stereocenters. The number of pyridine rings is 1. The predicted molar refractivity (Wildman–Crippen MR) is 103 cm³/mol. The average molecular weight is 399 g/mol. The summed E-state index contributed by atoms with van der Waals surface area (Å²) in [5.74, 6) is -5.79. The summed E-state index contributed by atoms with van der Waals surface area (Å²) < 4.78 is 39.8. The molecule has 0 fully saturated rings. The van der Waals surface area contributed by atoms with E-state index in [1.54, 1.807) is 6.07 Å². The van der Waals surface area contributed by atoms with Gasteiger partial charge >= 0.3 is 0 Å². The summed E-state index contributed by atoms with van der Waals surface area (Å²) in [6.07, 6.45) is 2.76. The number of hydrogen-bond acceptors (Lipinski definition) is 3. The standard InChI is InChI=1S/C21H16F3N3O2/c1-27(12-18(28)26-17-10-9-15(22)20(23)21(17)24)19(29)11-8-14-7-6-13-4-2-3-5-16(13)25-14/h2-11H,12H2,1H3,(H,26,28). The molecule has 0 radical (unpaired) electrons. The Hall–Kier alpha value is -3.68. The Bertz CT molecular complexity index is 1120. The molecule has 0 atom stereocenters. The molecule has 0 aliphatic carbocycles. The van der Waals surface area contributed by atoms with E-state index in [0.29, 0.717) is 11.8 Å². The first-order valence-corrected chi connectivity index (χ1v) is 8.57. The van der Waals surface area contributed by atoms with Crippen LogP contribution < -0.4 is 5.32 Å². The van der Waals surface area contributed by atoms with E-state index in [0.717, 1.165) is 21.9 Å². The maximum atomic E-state index is 13.6. The molecule has 2 amide bonds. The molecule has 0 aliphatic rings. The monoisotopic (exact) mass is 399 g/mol. The zero-order valence-corrected chi connectivity index (χ0v) is 15.3. The molecule has 0 saturated carbocycles. The third-order valence-corrected chi connectivity index (χ3v) is 4.08. The number of anilines is 1. The van der Waals surface area contributed by atoms with Crippen LogP contribution >= 0.6 is 0 Å². The van der Waals surface area contributed by atoms with Crippen molar-refractivity contribution in [1.82, 2.24) is 9.88 Å². The molecule has 5 nitrogen and oxygen atoms in total. The van der Waals surface area contributed by atoms with E-state index in [-0.39, 0.29) is 0 Å². The van der Waals surface area contributed by atoms with Gasteiger partial charge in [0.05, 0.1) is 23.4 Å². The highest BCUT2D eigenvalue weighted by Gasteiger charge is 2.17. The Kier molecular flexibility index (Phi) is 5.92. The predicted octanol–water partition coefficient (Wildman–Crippen LogP) is 3.76. The molecular weight excluding hydrogens is 383 g/mol. The van der Waals surface area contributed by atoms with Gasteiger partial charge in [-0.15, -0.1) is 0 Å². The SMILES string of the molecule is CN(CC(=O)Nc1ccc(F)c(F)c1F)C(=O)C=Cc1ccc2ccccc2n1. The van der Waals surface area contributed by atoms with Gasteiger partial charge in [-0.2, -0.15) is 0 Å². The molecule has 0 aliphatic heterocycles. The number of carbonyl (C=O) groups is 2. The smallest absolute Gasteiger partial charge is 0.246 e. The molecule has 0 saturated heterocycles. The molecule has 0 spiro atoms. The number of nitrogens with one attached hydrogen (secondary N) is 1. The number of aromatic nitrogens is 1. The lowest BCUT2D eigenvalue weighted by atomic mass is 10.2. The van der Waals surface area contributed by atoms with Crippen LogP contribution in [0, 0.1) is 17.5 Å². The molecule has 0 bridgehead atoms. The number of para-hydroxylation sites is 1. The summed E-state index contributed by atoms with van der Waals surface area (Å²) in [4.78, 5) is 29.6. The third kappa shape index (κ3) is 4.78. The Balaban J connectivity index is 1.61. The molecule has 2 aromatic carbocycles. The summed E-state index contributed by atoms with van der Waals surface area (Å²) >= 11 is 0. The second-order valence-electron chi connectivity index (χ2n) is 6.23. The zero-order valence-electron chi connectivity index (χ0n) is 15.3. The minimum atomic E-state index is -1.68. The van der Waals surface area contributed by atoms with Crippen molar-refractivity contribution in [2.24, 2.45) is 0 Å². The molecule has 29 heavy (non-hydrogen) atoms. The van der Waals surface area contributed by atoms with Gasteiger partial charge in [0.1, 0.15) is 0 Å². The van der Waals surface area contributed by atoms with Gasteiger partial charge in [-0.05, 0) is 30.3 Å². The van der Waals surface area contributed by atoms with Gasteiger partial charge in [-0.25, -0.2) is 18.2 Å². The van der Waals surface area contributed by atoms with Crippen molar-refractivity contribution >= 4 is 34.5 Å². The second kappa shape index (κ2) is 8.55. The number of hydrogen-bond donors (Lipinski definition) is 1. The van der Waals surface area contributed by atoms with E-state index in [4.69, 9.17) is 0 Å². The lowest BCUT2D eigenvalue weighted by Crippen LogP contribution is -2.34. The first kappa shape index (κ1) is 20.1. The quantitative estimate of drug-likeness (QED) is 0.525. The number of amides is 2. The van der Waals surface area contributed by atoms with Crippen molar-refractivity contribution in [3.8, 4) is 0 Å². The summed E-state index contributed by atoms with van der Waals surface area (Å²) in [5.41, 5.74) is 0.841. The van der Waals surface area contributed by atoms with Crippen molar-refractivity contribution in [2.45, 2.75) is 0 Å². The molecular formula is C21H16F3N3O2. The highest BCUT2D eigenvalue weighted by Crippen LogP contribution is 2.19. The van der Waals surface area contributed by atoms with Crippen molar-refractivity contribution < 1.29 is 22.8 Å². The number of fused-ring (bicyclic) bond motifs is 1. The fourth-order valence-corrected chi connectivity index (χ4v) is 2.56.